The minimum absolute atomic E-state index is 0.507. The molecule has 1 saturated heterocycles. The molecule has 1 aliphatic rings. The Morgan fingerprint density at radius 2 is 1.25 bits per heavy atom. The van der Waals surface area contributed by atoms with Crippen LogP contribution < -0.4 is 0 Å². The summed E-state index contributed by atoms with van der Waals surface area (Å²) < 4.78 is 7.22. The molecule has 0 aromatic heterocycles. The van der Waals surface area contributed by atoms with Crippen LogP contribution in [0.3, 0.4) is 0 Å². The predicted octanol–water partition coefficient (Wildman–Crippen LogP) is 1.32. The molecule has 0 aliphatic carbocycles. The van der Waals surface area contributed by atoms with E-state index >= 15 is 0 Å². The first-order valence-corrected chi connectivity index (χ1v) is 6.70. The maximum Gasteiger partial charge on any atom is 0.290 e. The van der Waals surface area contributed by atoms with E-state index in [-0.39, 0.29) is 0 Å². The Morgan fingerprint density at radius 3 is 1.62 bits per heavy atom. The van der Waals surface area contributed by atoms with Gasteiger partial charge in [0.1, 0.15) is 0 Å². The lowest BCUT2D eigenvalue weighted by Crippen LogP contribution is -2.66. The van der Waals surface area contributed by atoms with Crippen LogP contribution in [0.1, 0.15) is 40.0 Å². The molecule has 3 nitrogen and oxygen atoms in total. The number of rotatable bonds is 6. The fourth-order valence-electron chi connectivity index (χ4n) is 2.17. The lowest BCUT2D eigenvalue weighted by Gasteiger charge is -2.44. The first kappa shape index (κ1) is 14.1. The highest BCUT2D eigenvalue weighted by Gasteiger charge is 2.33. The van der Waals surface area contributed by atoms with Crippen molar-refractivity contribution in [3.8, 4) is 0 Å². The highest BCUT2D eigenvalue weighted by atomic mass is 15.3. The molecule has 0 spiro atoms. The van der Waals surface area contributed by atoms with E-state index in [1.165, 1.54) is 19.3 Å². The zero-order chi connectivity index (χ0) is 12.0. The summed E-state index contributed by atoms with van der Waals surface area (Å²) in [7, 11) is 4.56. The van der Waals surface area contributed by atoms with Crippen molar-refractivity contribution in [2.75, 3.05) is 19.6 Å². The van der Waals surface area contributed by atoms with Crippen LogP contribution in [-0.4, -0.2) is 55.9 Å². The van der Waals surface area contributed by atoms with Crippen LogP contribution in [0, 0.1) is 0 Å². The molecular formula is C10H24B3N3. The zero-order valence-corrected chi connectivity index (χ0v) is 11.3. The van der Waals surface area contributed by atoms with E-state index in [4.69, 9.17) is 0 Å². The summed E-state index contributed by atoms with van der Waals surface area (Å²) in [6, 6.07) is 0. The normalized spacial score (nSPS) is 19.6. The van der Waals surface area contributed by atoms with Crippen molar-refractivity contribution in [3.05, 3.63) is 0 Å². The van der Waals surface area contributed by atoms with Crippen LogP contribution in [0.15, 0.2) is 0 Å². The van der Waals surface area contributed by atoms with Gasteiger partial charge in [-0.25, -0.2) is 0 Å². The highest BCUT2D eigenvalue weighted by Crippen LogP contribution is 2.10. The molecule has 0 amide bonds. The van der Waals surface area contributed by atoms with Gasteiger partial charge in [0.15, 0.2) is 0 Å². The molecule has 0 aromatic carbocycles. The van der Waals surface area contributed by atoms with Crippen molar-refractivity contribution >= 4 is 22.1 Å². The molecule has 6 heteroatoms. The smallest absolute Gasteiger partial charge is 0.290 e. The van der Waals surface area contributed by atoms with Crippen LogP contribution in [0.25, 0.3) is 0 Å². The SMILES string of the molecule is CCCN1[B]N(CCC)B(C)N(CCC)[B]1. The van der Waals surface area contributed by atoms with E-state index in [0.29, 0.717) is 6.98 Å². The Balaban J connectivity index is 2.56. The maximum atomic E-state index is 2.45. The standard InChI is InChI=1S/C10H24B3N3/c1-5-8-14-11-15(9-6-2)13(4)16(12-14)10-7-3/h5-10H2,1-4H3. The minimum atomic E-state index is 0.507. The molecule has 0 saturated carbocycles. The molecule has 1 heterocycles. The van der Waals surface area contributed by atoms with E-state index in [0.717, 1.165) is 19.6 Å². The van der Waals surface area contributed by atoms with Gasteiger partial charge in [0.25, 0.3) is 22.1 Å². The summed E-state index contributed by atoms with van der Waals surface area (Å²) in [6.07, 6.45) is 3.61. The molecule has 0 unspecified atom stereocenters. The molecule has 0 N–H and O–H groups in total. The number of hydrogen-bond donors (Lipinski definition) is 0. The summed E-state index contributed by atoms with van der Waals surface area (Å²) in [5.41, 5.74) is 0. The summed E-state index contributed by atoms with van der Waals surface area (Å²) in [5.74, 6) is 0. The third kappa shape index (κ3) is 3.83. The van der Waals surface area contributed by atoms with E-state index < -0.39 is 0 Å². The zero-order valence-electron chi connectivity index (χ0n) is 11.3. The molecule has 88 valence electrons. The molecule has 1 fully saturated rings. The molecule has 2 radical (unpaired) electrons. The molecular weight excluding hydrogens is 195 g/mol. The molecule has 16 heavy (non-hydrogen) atoms. The fourth-order valence-corrected chi connectivity index (χ4v) is 2.17. The van der Waals surface area contributed by atoms with Gasteiger partial charge in [-0.3, -0.25) is 0 Å². The second-order valence-electron chi connectivity index (χ2n) is 4.58. The topological polar surface area (TPSA) is 9.72 Å². The first-order chi connectivity index (χ1) is 7.72. The third-order valence-electron chi connectivity index (χ3n) is 3.00. The van der Waals surface area contributed by atoms with Gasteiger partial charge < -0.3 is 14.2 Å². The fraction of sp³-hybridized carbons (Fsp3) is 1.00. The molecule has 0 aromatic rings. The number of hydrogen-bond acceptors (Lipinski definition) is 3. The number of nitrogens with zero attached hydrogens (tertiary/aromatic N) is 3. The second kappa shape index (κ2) is 7.41. The lowest BCUT2D eigenvalue weighted by atomic mass is 9.59. The monoisotopic (exact) mass is 219 g/mol. The average molecular weight is 219 g/mol. The Morgan fingerprint density at radius 1 is 0.812 bits per heavy atom. The van der Waals surface area contributed by atoms with Gasteiger partial charge in [-0.2, -0.15) is 0 Å². The van der Waals surface area contributed by atoms with Gasteiger partial charge in [0, 0.05) is 0 Å². The van der Waals surface area contributed by atoms with Crippen LogP contribution >= 0.6 is 0 Å². The summed E-state index contributed by atoms with van der Waals surface area (Å²) in [5, 5.41) is 0. The quantitative estimate of drug-likeness (QED) is 0.623. The van der Waals surface area contributed by atoms with Gasteiger partial charge >= 0.3 is 0 Å². The Kier molecular flexibility index (Phi) is 6.55. The summed E-state index contributed by atoms with van der Waals surface area (Å²) >= 11 is 0. The molecule has 0 bridgehead atoms. The van der Waals surface area contributed by atoms with Gasteiger partial charge in [-0.1, -0.05) is 27.6 Å². The Bertz CT molecular complexity index is 178. The van der Waals surface area contributed by atoms with E-state index in [1.54, 1.807) is 0 Å². The van der Waals surface area contributed by atoms with E-state index in [1.807, 2.05) is 0 Å². The van der Waals surface area contributed by atoms with Crippen molar-refractivity contribution in [3.63, 3.8) is 0 Å². The van der Waals surface area contributed by atoms with Gasteiger partial charge in [-0.15, -0.1) is 0 Å². The average Bonchev–Trinajstić information content (AvgIpc) is 2.26. The van der Waals surface area contributed by atoms with Crippen LogP contribution in [0.5, 0.6) is 0 Å². The van der Waals surface area contributed by atoms with Crippen molar-refractivity contribution in [2.24, 2.45) is 0 Å². The van der Waals surface area contributed by atoms with E-state index in [2.05, 4.69) is 56.9 Å². The minimum Gasteiger partial charge on any atom is -0.365 e. The van der Waals surface area contributed by atoms with Crippen LogP contribution in [0.4, 0.5) is 0 Å². The van der Waals surface area contributed by atoms with Crippen molar-refractivity contribution in [2.45, 2.75) is 46.9 Å². The third-order valence-corrected chi connectivity index (χ3v) is 3.00. The van der Waals surface area contributed by atoms with Crippen LogP contribution in [-0.2, 0) is 0 Å². The lowest BCUT2D eigenvalue weighted by molar-refractivity contribution is 0.457. The predicted molar refractivity (Wildman–Crippen MR) is 74.1 cm³/mol. The second-order valence-corrected chi connectivity index (χ2v) is 4.58. The highest BCUT2D eigenvalue weighted by molar-refractivity contribution is 6.73. The first-order valence-electron chi connectivity index (χ1n) is 6.70. The molecule has 0 atom stereocenters. The van der Waals surface area contributed by atoms with Gasteiger partial charge in [0.2, 0.25) is 0 Å². The molecule has 1 rings (SSSR count). The Labute approximate surface area is 103 Å². The Hall–Kier alpha value is 0.0748. The maximum absolute atomic E-state index is 2.45. The molecule has 1 aliphatic heterocycles. The largest absolute Gasteiger partial charge is 0.365 e. The van der Waals surface area contributed by atoms with Gasteiger partial charge in [-0.05, 0) is 38.9 Å². The van der Waals surface area contributed by atoms with Crippen molar-refractivity contribution in [1.82, 2.24) is 14.2 Å². The summed E-state index contributed by atoms with van der Waals surface area (Å²) in [4.78, 5) is 0. The van der Waals surface area contributed by atoms with Crippen molar-refractivity contribution in [1.29, 1.82) is 0 Å². The van der Waals surface area contributed by atoms with Crippen molar-refractivity contribution < 1.29 is 0 Å². The van der Waals surface area contributed by atoms with Crippen LogP contribution in [0.2, 0.25) is 6.82 Å². The van der Waals surface area contributed by atoms with Gasteiger partial charge in [0.05, 0.1) is 0 Å². The summed E-state index contributed by atoms with van der Waals surface area (Å²) in [6.45, 7) is 12.9. The van der Waals surface area contributed by atoms with E-state index in [9.17, 15) is 0 Å².